The molecule has 0 saturated carbocycles. The highest BCUT2D eigenvalue weighted by Gasteiger charge is 2.07. The molecule has 12 aromatic rings. The van der Waals surface area contributed by atoms with E-state index >= 15 is 0 Å². The highest BCUT2D eigenvalue weighted by Crippen LogP contribution is 2.23. The maximum Gasteiger partial charge on any atom is 0.177 e. The minimum absolute atomic E-state index is 0.826. The smallest absolute Gasteiger partial charge is 0.177 e. The number of rotatable bonds is 0. The Bertz CT molecular complexity index is 3110. The first kappa shape index (κ1) is 46.8. The van der Waals surface area contributed by atoms with E-state index in [0.29, 0.717) is 0 Å². The predicted molar refractivity (Wildman–Crippen MR) is 266 cm³/mol. The molecule has 342 valence electrons. The molecular formula is C50H57N17. The number of benzene rings is 1. The number of para-hydroxylation sites is 1. The second kappa shape index (κ2) is 20.3. The number of hydrogen-bond donors (Lipinski definition) is 0. The average Bonchev–Trinajstić information content (AvgIpc) is 4.13. The van der Waals surface area contributed by atoms with Crippen LogP contribution in [0.1, 0.15) is 40.4 Å². The zero-order valence-electron chi connectivity index (χ0n) is 40.5. The Morgan fingerprint density at radius 2 is 0.896 bits per heavy atom. The fraction of sp³-hybridized carbons (Fsp3) is 0.260. The van der Waals surface area contributed by atoms with Gasteiger partial charge in [0.15, 0.2) is 16.9 Å². The van der Waals surface area contributed by atoms with Crippen molar-refractivity contribution in [1.82, 2.24) is 82.2 Å². The van der Waals surface area contributed by atoms with Crippen molar-refractivity contribution in [3.05, 3.63) is 151 Å². The lowest BCUT2D eigenvalue weighted by Gasteiger charge is -1.96. The molecule has 11 aromatic heterocycles. The number of imidazole rings is 5. The maximum absolute atomic E-state index is 4.34. The number of pyridine rings is 4. The summed E-state index contributed by atoms with van der Waals surface area (Å²) in [4.78, 5) is 45.8. The van der Waals surface area contributed by atoms with E-state index in [9.17, 15) is 0 Å². The molecule has 17 heteroatoms. The van der Waals surface area contributed by atoms with Gasteiger partial charge in [-0.05, 0) is 96.5 Å². The standard InChI is InChI=1S/C11H13N.4C8H9N3.C7H8N4/c1-8-9(2)12(3)11-7-5-4-6-10(8)11;1-6-10-7-5-9-4-3-8(7)11(6)2;1-6-10-7-3-4-9-5-8(7)11(6)2;1-6-10-8-7(11(6)2)4-3-5-9-8;1-6-10-7-4-3-5-9-8(7)11(6)2;1-5-10-6-3-8-4-9-7(6)11(5)2/h4-7H,1-3H3;4*3-5H,1-2H3;3-4H,1-2H3. The second-order valence-corrected chi connectivity index (χ2v) is 16.0. The van der Waals surface area contributed by atoms with Gasteiger partial charge in [0.1, 0.15) is 52.0 Å². The first-order valence-electron chi connectivity index (χ1n) is 21.7. The summed E-state index contributed by atoms with van der Waals surface area (Å²) in [6.07, 6.45) is 13.9. The summed E-state index contributed by atoms with van der Waals surface area (Å²) >= 11 is 0. The Labute approximate surface area is 389 Å². The Kier molecular flexibility index (Phi) is 14.2. The zero-order valence-corrected chi connectivity index (χ0v) is 40.5. The van der Waals surface area contributed by atoms with Crippen molar-refractivity contribution < 1.29 is 0 Å². The van der Waals surface area contributed by atoms with Gasteiger partial charge in [-0.3, -0.25) is 9.97 Å². The van der Waals surface area contributed by atoms with Crippen molar-refractivity contribution in [3.8, 4) is 0 Å². The van der Waals surface area contributed by atoms with E-state index in [1.165, 1.54) is 28.5 Å². The minimum atomic E-state index is 0.826. The van der Waals surface area contributed by atoms with Crippen LogP contribution in [0, 0.1) is 48.5 Å². The number of nitrogens with zero attached hydrogens (tertiary/aromatic N) is 17. The first-order valence-corrected chi connectivity index (χ1v) is 21.7. The summed E-state index contributed by atoms with van der Waals surface area (Å²) in [5.74, 6) is 5.00. The van der Waals surface area contributed by atoms with Gasteiger partial charge in [-0.1, -0.05) is 18.2 Å². The lowest BCUT2D eigenvalue weighted by molar-refractivity contribution is 0.873. The summed E-state index contributed by atoms with van der Waals surface area (Å²) in [6, 6.07) is 20.2. The molecule has 67 heavy (non-hydrogen) atoms. The fourth-order valence-corrected chi connectivity index (χ4v) is 7.37. The van der Waals surface area contributed by atoms with Crippen molar-refractivity contribution in [2.75, 3.05) is 0 Å². The van der Waals surface area contributed by atoms with E-state index in [-0.39, 0.29) is 0 Å². The van der Waals surface area contributed by atoms with E-state index in [0.717, 1.165) is 84.7 Å². The molecule has 1 aromatic carbocycles. The van der Waals surface area contributed by atoms with Crippen molar-refractivity contribution in [2.24, 2.45) is 42.3 Å². The van der Waals surface area contributed by atoms with Crippen molar-refractivity contribution in [2.45, 2.75) is 48.5 Å². The van der Waals surface area contributed by atoms with Gasteiger partial charge in [0.25, 0.3) is 0 Å². The van der Waals surface area contributed by atoms with E-state index in [1.54, 1.807) is 37.2 Å². The molecule has 0 aliphatic carbocycles. The molecule has 11 heterocycles. The molecule has 0 spiro atoms. The average molecular weight is 896 g/mol. The molecule has 0 saturated heterocycles. The summed E-state index contributed by atoms with van der Waals surface area (Å²) in [5.41, 5.74) is 13.9. The molecular weight excluding hydrogens is 839 g/mol. The zero-order chi connectivity index (χ0) is 47.9. The van der Waals surface area contributed by atoms with E-state index in [1.807, 2.05) is 131 Å². The van der Waals surface area contributed by atoms with E-state index < -0.39 is 0 Å². The largest absolute Gasteiger partial charge is 0.348 e. The molecule has 0 unspecified atom stereocenters. The summed E-state index contributed by atoms with van der Waals surface area (Å²) < 4.78 is 12.3. The van der Waals surface area contributed by atoms with Gasteiger partial charge in [-0.15, -0.1) is 0 Å². The lowest BCUT2D eigenvalue weighted by Crippen LogP contribution is -1.91. The quantitative estimate of drug-likeness (QED) is 0.143. The molecule has 12 rings (SSSR count). The molecule has 0 N–H and O–H groups in total. The van der Waals surface area contributed by atoms with Gasteiger partial charge in [-0.25, -0.2) is 44.9 Å². The number of aryl methyl sites for hydroxylation is 12. The van der Waals surface area contributed by atoms with Gasteiger partial charge in [-0.2, -0.15) is 0 Å². The van der Waals surface area contributed by atoms with Crippen LogP contribution in [0.25, 0.3) is 66.5 Å². The fourth-order valence-electron chi connectivity index (χ4n) is 7.37. The highest BCUT2D eigenvalue weighted by molar-refractivity contribution is 5.85. The second-order valence-electron chi connectivity index (χ2n) is 16.0. The van der Waals surface area contributed by atoms with Crippen LogP contribution in [0.15, 0.2) is 110 Å². The van der Waals surface area contributed by atoms with Gasteiger partial charge >= 0.3 is 0 Å². The molecule has 0 aliphatic rings. The number of fused-ring (bicyclic) bond motifs is 6. The van der Waals surface area contributed by atoms with Gasteiger partial charge in [0.2, 0.25) is 0 Å². The molecule has 17 nitrogen and oxygen atoms in total. The van der Waals surface area contributed by atoms with Crippen LogP contribution in [-0.4, -0.2) is 82.2 Å². The SMILES string of the molecule is Cc1c(C)n(C)c2ccccc12.Cc1nc2cccnc2n1C.Cc1nc2ccncc2n1C.Cc1nc2cnccc2n1C.Cc1nc2cncnc2n1C.Cc1nc2ncccc2n1C. The maximum atomic E-state index is 4.34. The van der Waals surface area contributed by atoms with E-state index in [2.05, 4.69) is 109 Å². The molecule has 0 fully saturated rings. The normalized spacial score (nSPS) is 10.8. The minimum Gasteiger partial charge on any atom is -0.348 e. The van der Waals surface area contributed by atoms with Crippen molar-refractivity contribution >= 4 is 66.5 Å². The Morgan fingerprint density at radius 1 is 0.358 bits per heavy atom. The summed E-state index contributed by atoms with van der Waals surface area (Å²) in [6.45, 7) is 14.2. The van der Waals surface area contributed by atoms with Gasteiger partial charge in [0.05, 0.1) is 40.7 Å². The van der Waals surface area contributed by atoms with Crippen LogP contribution >= 0.6 is 0 Å². The van der Waals surface area contributed by atoms with Crippen LogP contribution < -0.4 is 0 Å². The summed E-state index contributed by atoms with van der Waals surface area (Å²) in [7, 11) is 12.0. The monoisotopic (exact) mass is 895 g/mol. The van der Waals surface area contributed by atoms with Crippen LogP contribution in [0.3, 0.4) is 0 Å². The van der Waals surface area contributed by atoms with Crippen molar-refractivity contribution in [3.63, 3.8) is 0 Å². The van der Waals surface area contributed by atoms with Crippen LogP contribution in [0.5, 0.6) is 0 Å². The molecule has 0 radical (unpaired) electrons. The lowest BCUT2D eigenvalue weighted by atomic mass is 10.2. The molecule has 0 aliphatic heterocycles. The van der Waals surface area contributed by atoms with Crippen LogP contribution in [-0.2, 0) is 42.3 Å². The van der Waals surface area contributed by atoms with Crippen LogP contribution in [0.4, 0.5) is 0 Å². The van der Waals surface area contributed by atoms with Crippen molar-refractivity contribution in [1.29, 1.82) is 0 Å². The van der Waals surface area contributed by atoms with Gasteiger partial charge < -0.3 is 27.4 Å². The topological polar surface area (TPSA) is 171 Å². The Balaban J connectivity index is 0.000000119. The van der Waals surface area contributed by atoms with Gasteiger partial charge in [0, 0.05) is 83.7 Å². The molecule has 0 bridgehead atoms. The summed E-state index contributed by atoms with van der Waals surface area (Å²) in [5, 5.41) is 1.37. The Morgan fingerprint density at radius 3 is 1.57 bits per heavy atom. The third-order valence-corrected chi connectivity index (χ3v) is 12.0. The predicted octanol–water partition coefficient (Wildman–Crippen LogP) is 8.57. The highest BCUT2D eigenvalue weighted by atomic mass is 15.1. The van der Waals surface area contributed by atoms with Crippen LogP contribution in [0.2, 0.25) is 0 Å². The van der Waals surface area contributed by atoms with E-state index in [4.69, 9.17) is 0 Å². The number of hydrogen-bond acceptors (Lipinski definition) is 11. The first-order chi connectivity index (χ1) is 32.2. The molecule has 0 amide bonds. The molecule has 0 atom stereocenters. The Hall–Kier alpha value is -8.21. The third kappa shape index (κ3) is 10.0. The third-order valence-electron chi connectivity index (χ3n) is 12.0. The number of aromatic nitrogens is 17.